The lowest BCUT2D eigenvalue weighted by Gasteiger charge is -2.15. The molecule has 0 saturated heterocycles. The number of fused-ring (bicyclic) bond motifs is 1. The Balaban J connectivity index is 2.12. The molecule has 1 aromatic heterocycles. The topological polar surface area (TPSA) is 70.5 Å². The number of aliphatic hydroxyl groups excluding tert-OH is 1. The van der Waals surface area contributed by atoms with Gasteiger partial charge in [-0.3, -0.25) is 14.6 Å². The molecule has 2 heterocycles. The van der Waals surface area contributed by atoms with Crippen molar-refractivity contribution in [3.63, 3.8) is 0 Å². The van der Waals surface area contributed by atoms with E-state index in [4.69, 9.17) is 5.11 Å². The van der Waals surface area contributed by atoms with Crippen LogP contribution in [0.4, 0.5) is 5.69 Å². The molecule has 0 bridgehead atoms. The zero-order valence-corrected chi connectivity index (χ0v) is 10.9. The molecule has 0 unspecified atom stereocenters. The summed E-state index contributed by atoms with van der Waals surface area (Å²) < 4.78 is 0. The van der Waals surface area contributed by atoms with E-state index in [-0.39, 0.29) is 17.9 Å². The first-order valence-corrected chi connectivity index (χ1v) is 6.26. The summed E-state index contributed by atoms with van der Waals surface area (Å²) in [5.41, 5.74) is 1.33. The molecule has 0 radical (unpaired) electrons. The smallest absolute Gasteiger partial charge is 0.284 e. The van der Waals surface area contributed by atoms with E-state index in [0.29, 0.717) is 11.3 Å². The SMILES string of the molecule is O=C1c2cccnc2C(=O)N1c1ccccc1C#CCO. The Hall–Kier alpha value is -2.97. The van der Waals surface area contributed by atoms with Crippen molar-refractivity contribution in [2.24, 2.45) is 0 Å². The van der Waals surface area contributed by atoms with Gasteiger partial charge in [0.2, 0.25) is 0 Å². The zero-order valence-electron chi connectivity index (χ0n) is 10.9. The van der Waals surface area contributed by atoms with Gasteiger partial charge in [-0.15, -0.1) is 0 Å². The van der Waals surface area contributed by atoms with E-state index in [1.807, 2.05) is 0 Å². The molecule has 0 saturated carbocycles. The van der Waals surface area contributed by atoms with Crippen molar-refractivity contribution in [2.75, 3.05) is 11.5 Å². The average Bonchev–Trinajstić information content (AvgIpc) is 2.78. The summed E-state index contributed by atoms with van der Waals surface area (Å²) in [6.45, 7) is -0.294. The third kappa shape index (κ3) is 2.08. The van der Waals surface area contributed by atoms with Gasteiger partial charge in [0, 0.05) is 11.8 Å². The maximum atomic E-state index is 12.4. The quantitative estimate of drug-likeness (QED) is 0.629. The Bertz CT molecular complexity index is 767. The number of anilines is 1. The fraction of sp³-hybridized carbons (Fsp3) is 0.0625. The first-order chi connectivity index (χ1) is 10.2. The Morgan fingerprint density at radius 3 is 2.67 bits per heavy atom. The highest BCUT2D eigenvalue weighted by Crippen LogP contribution is 2.29. The summed E-state index contributed by atoms with van der Waals surface area (Å²) in [4.78, 5) is 29.8. The van der Waals surface area contributed by atoms with Crippen LogP contribution in [0.1, 0.15) is 26.4 Å². The predicted octanol–water partition coefficient (Wildman–Crippen LogP) is 1.23. The van der Waals surface area contributed by atoms with E-state index in [2.05, 4.69) is 16.8 Å². The average molecular weight is 278 g/mol. The molecular formula is C16H10N2O3. The minimum absolute atomic E-state index is 0.146. The Labute approximate surface area is 120 Å². The van der Waals surface area contributed by atoms with Crippen molar-refractivity contribution in [3.8, 4) is 11.8 Å². The minimum Gasteiger partial charge on any atom is -0.384 e. The largest absolute Gasteiger partial charge is 0.384 e. The monoisotopic (exact) mass is 278 g/mol. The summed E-state index contributed by atoms with van der Waals surface area (Å²) in [5.74, 6) is 4.38. The highest BCUT2D eigenvalue weighted by molar-refractivity contribution is 6.34. The molecule has 2 aromatic rings. The summed E-state index contributed by atoms with van der Waals surface area (Å²) in [6.07, 6.45) is 1.48. The normalized spacial score (nSPS) is 12.9. The van der Waals surface area contributed by atoms with Crippen molar-refractivity contribution in [1.29, 1.82) is 0 Å². The number of carbonyl (C=O) groups excluding carboxylic acids is 2. The molecule has 3 rings (SSSR count). The molecule has 1 aromatic carbocycles. The number of para-hydroxylation sites is 1. The van der Waals surface area contributed by atoms with Crippen LogP contribution in [-0.2, 0) is 0 Å². The van der Waals surface area contributed by atoms with E-state index in [1.165, 1.54) is 6.20 Å². The highest BCUT2D eigenvalue weighted by atomic mass is 16.2. The van der Waals surface area contributed by atoms with Gasteiger partial charge in [-0.1, -0.05) is 24.0 Å². The lowest BCUT2D eigenvalue weighted by molar-refractivity contribution is 0.0924. The summed E-state index contributed by atoms with van der Waals surface area (Å²) in [5, 5.41) is 8.80. The molecule has 1 aliphatic rings. The number of amides is 2. The standard InChI is InChI=1S/C16H10N2O3/c19-10-4-6-11-5-1-2-8-13(11)18-15(20)12-7-3-9-17-14(12)16(18)21/h1-3,5,7-9,19H,10H2. The molecule has 5 nitrogen and oxygen atoms in total. The molecular weight excluding hydrogens is 268 g/mol. The van der Waals surface area contributed by atoms with Crippen LogP contribution in [0.3, 0.4) is 0 Å². The lowest BCUT2D eigenvalue weighted by Crippen LogP contribution is -2.30. The second-order valence-corrected chi connectivity index (χ2v) is 4.32. The Morgan fingerprint density at radius 2 is 1.90 bits per heavy atom. The highest BCUT2D eigenvalue weighted by Gasteiger charge is 2.38. The predicted molar refractivity (Wildman–Crippen MR) is 75.8 cm³/mol. The fourth-order valence-corrected chi connectivity index (χ4v) is 2.19. The molecule has 2 amide bonds. The van der Waals surface area contributed by atoms with Crippen LogP contribution in [0.5, 0.6) is 0 Å². The number of aromatic nitrogens is 1. The second kappa shape index (κ2) is 5.19. The maximum absolute atomic E-state index is 12.4. The molecule has 21 heavy (non-hydrogen) atoms. The Kier molecular flexibility index (Phi) is 3.22. The van der Waals surface area contributed by atoms with Crippen LogP contribution in [0.2, 0.25) is 0 Å². The number of imide groups is 1. The molecule has 5 heteroatoms. The van der Waals surface area contributed by atoms with Crippen LogP contribution in [0, 0.1) is 11.8 Å². The lowest BCUT2D eigenvalue weighted by atomic mass is 10.1. The molecule has 0 fully saturated rings. The number of aliphatic hydroxyl groups is 1. The van der Waals surface area contributed by atoms with E-state index in [1.54, 1.807) is 36.4 Å². The summed E-state index contributed by atoms with van der Waals surface area (Å²) in [7, 11) is 0. The second-order valence-electron chi connectivity index (χ2n) is 4.32. The van der Waals surface area contributed by atoms with Crippen molar-refractivity contribution in [3.05, 3.63) is 59.4 Å². The number of benzene rings is 1. The van der Waals surface area contributed by atoms with Crippen molar-refractivity contribution in [2.45, 2.75) is 0 Å². The van der Waals surface area contributed by atoms with Gasteiger partial charge in [0.25, 0.3) is 11.8 Å². The maximum Gasteiger partial charge on any atom is 0.284 e. The number of pyridine rings is 1. The van der Waals surface area contributed by atoms with Crippen LogP contribution >= 0.6 is 0 Å². The van der Waals surface area contributed by atoms with E-state index < -0.39 is 11.8 Å². The number of hydrogen-bond donors (Lipinski definition) is 1. The van der Waals surface area contributed by atoms with Gasteiger partial charge in [-0.25, -0.2) is 4.90 Å². The third-order valence-corrected chi connectivity index (χ3v) is 3.09. The summed E-state index contributed by atoms with van der Waals surface area (Å²) in [6, 6.07) is 9.99. The van der Waals surface area contributed by atoms with Crippen LogP contribution < -0.4 is 4.90 Å². The van der Waals surface area contributed by atoms with Crippen molar-refractivity contribution >= 4 is 17.5 Å². The molecule has 102 valence electrons. The van der Waals surface area contributed by atoms with Gasteiger partial charge >= 0.3 is 0 Å². The first kappa shape index (κ1) is 13.0. The van der Waals surface area contributed by atoms with Crippen LogP contribution in [0.25, 0.3) is 0 Å². The third-order valence-electron chi connectivity index (χ3n) is 3.09. The molecule has 0 spiro atoms. The number of rotatable bonds is 1. The van der Waals surface area contributed by atoms with Gasteiger partial charge in [0.1, 0.15) is 12.3 Å². The number of carbonyl (C=O) groups is 2. The molecule has 0 aliphatic carbocycles. The number of nitrogens with zero attached hydrogens (tertiary/aromatic N) is 2. The van der Waals surface area contributed by atoms with Gasteiger partial charge in [-0.2, -0.15) is 0 Å². The number of hydrogen-bond acceptors (Lipinski definition) is 4. The first-order valence-electron chi connectivity index (χ1n) is 6.26. The van der Waals surface area contributed by atoms with Gasteiger partial charge < -0.3 is 5.11 Å². The van der Waals surface area contributed by atoms with Crippen molar-refractivity contribution in [1.82, 2.24) is 4.98 Å². The van der Waals surface area contributed by atoms with Gasteiger partial charge in [-0.05, 0) is 24.3 Å². The molecule has 0 atom stereocenters. The van der Waals surface area contributed by atoms with Gasteiger partial charge in [0.05, 0.1) is 11.3 Å². The summed E-state index contributed by atoms with van der Waals surface area (Å²) >= 11 is 0. The molecule has 1 N–H and O–H groups in total. The Morgan fingerprint density at radius 1 is 1.10 bits per heavy atom. The molecule has 1 aliphatic heterocycles. The van der Waals surface area contributed by atoms with E-state index in [0.717, 1.165) is 4.90 Å². The van der Waals surface area contributed by atoms with Crippen LogP contribution in [0.15, 0.2) is 42.6 Å². The fourth-order valence-electron chi connectivity index (χ4n) is 2.19. The van der Waals surface area contributed by atoms with Crippen molar-refractivity contribution < 1.29 is 14.7 Å². The van der Waals surface area contributed by atoms with Gasteiger partial charge in [0.15, 0.2) is 0 Å². The van der Waals surface area contributed by atoms with Crippen LogP contribution in [-0.4, -0.2) is 28.5 Å². The zero-order chi connectivity index (χ0) is 14.8. The minimum atomic E-state index is -0.464. The van der Waals surface area contributed by atoms with E-state index >= 15 is 0 Å². The van der Waals surface area contributed by atoms with E-state index in [9.17, 15) is 9.59 Å².